The smallest absolute Gasteiger partial charge is 0.325 e. The van der Waals surface area contributed by atoms with Crippen LogP contribution in [-0.2, 0) is 16.1 Å². The van der Waals surface area contributed by atoms with Crippen molar-refractivity contribution in [3.63, 3.8) is 0 Å². The van der Waals surface area contributed by atoms with E-state index in [2.05, 4.69) is 5.32 Å². The summed E-state index contributed by atoms with van der Waals surface area (Å²) in [7, 11) is 0. The molecule has 4 rings (SSSR count). The molecule has 31 heavy (non-hydrogen) atoms. The Balaban J connectivity index is 1.51. The van der Waals surface area contributed by atoms with Crippen molar-refractivity contribution in [2.24, 2.45) is 5.92 Å². The average Bonchev–Trinajstić information content (AvgIpc) is 3.01. The van der Waals surface area contributed by atoms with Gasteiger partial charge in [0.05, 0.1) is 0 Å². The van der Waals surface area contributed by atoms with E-state index in [9.17, 15) is 18.8 Å². The Bertz CT molecular complexity index is 837. The van der Waals surface area contributed by atoms with Gasteiger partial charge in [0.1, 0.15) is 17.9 Å². The van der Waals surface area contributed by atoms with Gasteiger partial charge in [0.25, 0.3) is 5.91 Å². The second-order valence-corrected chi connectivity index (χ2v) is 9.38. The SMILES string of the molecule is CC1CCCCC12NC(=O)N(CC(=O)N(Cc1ccc(F)cc1)C1CCCCC1)C2=O. The molecule has 0 bridgehead atoms. The first kappa shape index (κ1) is 21.8. The Morgan fingerprint density at radius 3 is 2.45 bits per heavy atom. The van der Waals surface area contributed by atoms with Crippen molar-refractivity contribution in [2.75, 3.05) is 6.54 Å². The number of urea groups is 1. The molecule has 168 valence electrons. The molecule has 7 heteroatoms. The van der Waals surface area contributed by atoms with E-state index in [0.29, 0.717) is 13.0 Å². The molecule has 1 saturated heterocycles. The standard InChI is InChI=1S/C24H32FN3O3/c1-17-7-5-6-14-24(17)22(30)28(23(31)26-24)16-21(29)27(20-8-3-2-4-9-20)15-18-10-12-19(25)13-11-18/h10-13,17,20H,2-9,14-16H2,1H3,(H,26,31). The Hall–Kier alpha value is -2.44. The Morgan fingerprint density at radius 1 is 1.10 bits per heavy atom. The zero-order valence-electron chi connectivity index (χ0n) is 18.2. The number of imide groups is 1. The molecule has 3 fully saturated rings. The zero-order chi connectivity index (χ0) is 22.0. The van der Waals surface area contributed by atoms with Gasteiger partial charge in [0.15, 0.2) is 0 Å². The first-order valence-corrected chi connectivity index (χ1v) is 11.6. The fourth-order valence-electron chi connectivity index (χ4n) is 5.47. The number of nitrogens with zero attached hydrogens (tertiary/aromatic N) is 2. The normalized spacial score (nSPS) is 26.9. The van der Waals surface area contributed by atoms with E-state index in [1.54, 1.807) is 17.0 Å². The summed E-state index contributed by atoms with van der Waals surface area (Å²) in [4.78, 5) is 42.3. The van der Waals surface area contributed by atoms with Crippen molar-refractivity contribution >= 4 is 17.8 Å². The summed E-state index contributed by atoms with van der Waals surface area (Å²) >= 11 is 0. The fraction of sp³-hybridized carbons (Fsp3) is 0.625. The molecule has 1 aliphatic heterocycles. The van der Waals surface area contributed by atoms with Gasteiger partial charge in [-0.2, -0.15) is 0 Å². The van der Waals surface area contributed by atoms with Crippen LogP contribution in [0.5, 0.6) is 0 Å². The van der Waals surface area contributed by atoms with Crippen molar-refractivity contribution in [1.82, 2.24) is 15.1 Å². The van der Waals surface area contributed by atoms with Gasteiger partial charge in [-0.15, -0.1) is 0 Å². The summed E-state index contributed by atoms with van der Waals surface area (Å²) in [5.74, 6) is -0.736. The maximum atomic E-state index is 13.4. The van der Waals surface area contributed by atoms with E-state index < -0.39 is 11.6 Å². The van der Waals surface area contributed by atoms with Crippen LogP contribution in [-0.4, -0.2) is 45.8 Å². The maximum absolute atomic E-state index is 13.4. The average molecular weight is 430 g/mol. The van der Waals surface area contributed by atoms with Crippen LogP contribution >= 0.6 is 0 Å². The van der Waals surface area contributed by atoms with Crippen LogP contribution in [0.15, 0.2) is 24.3 Å². The Kier molecular flexibility index (Phi) is 6.30. The van der Waals surface area contributed by atoms with Crippen LogP contribution in [0.3, 0.4) is 0 Å². The second kappa shape index (κ2) is 8.97. The van der Waals surface area contributed by atoms with Crippen molar-refractivity contribution in [3.8, 4) is 0 Å². The van der Waals surface area contributed by atoms with E-state index in [4.69, 9.17) is 0 Å². The molecule has 1 heterocycles. The van der Waals surface area contributed by atoms with Gasteiger partial charge < -0.3 is 10.2 Å². The van der Waals surface area contributed by atoms with E-state index in [1.165, 1.54) is 12.1 Å². The van der Waals surface area contributed by atoms with E-state index in [-0.39, 0.29) is 36.1 Å². The number of halogens is 1. The summed E-state index contributed by atoms with van der Waals surface area (Å²) in [6, 6.07) is 5.78. The summed E-state index contributed by atoms with van der Waals surface area (Å²) in [5, 5.41) is 2.92. The van der Waals surface area contributed by atoms with Gasteiger partial charge in [0, 0.05) is 12.6 Å². The molecule has 2 aliphatic carbocycles. The predicted molar refractivity (Wildman–Crippen MR) is 114 cm³/mol. The molecule has 0 aromatic heterocycles. The number of hydrogen-bond acceptors (Lipinski definition) is 3. The van der Waals surface area contributed by atoms with Crippen molar-refractivity contribution in [3.05, 3.63) is 35.6 Å². The predicted octanol–water partition coefficient (Wildman–Crippen LogP) is 3.99. The van der Waals surface area contributed by atoms with Crippen molar-refractivity contribution in [1.29, 1.82) is 0 Å². The largest absolute Gasteiger partial charge is 0.334 e. The van der Waals surface area contributed by atoms with Gasteiger partial charge >= 0.3 is 6.03 Å². The molecule has 3 aliphatic rings. The van der Waals surface area contributed by atoms with Crippen LogP contribution in [0.4, 0.5) is 9.18 Å². The Morgan fingerprint density at radius 2 is 1.77 bits per heavy atom. The molecule has 1 aromatic carbocycles. The molecular formula is C24H32FN3O3. The molecular weight excluding hydrogens is 397 g/mol. The highest BCUT2D eigenvalue weighted by Crippen LogP contribution is 2.38. The summed E-state index contributed by atoms with van der Waals surface area (Å²) in [6.45, 7) is 2.12. The minimum atomic E-state index is -0.859. The molecule has 2 atom stereocenters. The first-order valence-electron chi connectivity index (χ1n) is 11.6. The van der Waals surface area contributed by atoms with Gasteiger partial charge in [-0.1, -0.05) is 51.2 Å². The fourth-order valence-corrected chi connectivity index (χ4v) is 5.47. The third-order valence-electron chi connectivity index (χ3n) is 7.40. The molecule has 1 spiro atoms. The Labute approximate surface area is 183 Å². The summed E-state index contributed by atoms with van der Waals surface area (Å²) in [5.41, 5.74) is -0.0164. The third kappa shape index (κ3) is 4.32. The van der Waals surface area contributed by atoms with Gasteiger partial charge in [-0.05, 0) is 49.3 Å². The number of rotatable bonds is 5. The van der Waals surface area contributed by atoms with Crippen LogP contribution < -0.4 is 5.32 Å². The molecule has 2 saturated carbocycles. The summed E-state index contributed by atoms with van der Waals surface area (Å²) in [6.07, 6.45) is 8.57. The van der Waals surface area contributed by atoms with Crippen LogP contribution in [0.2, 0.25) is 0 Å². The number of hydrogen-bond donors (Lipinski definition) is 1. The lowest BCUT2D eigenvalue weighted by atomic mass is 9.73. The van der Waals surface area contributed by atoms with Gasteiger partial charge in [-0.3, -0.25) is 14.5 Å². The zero-order valence-corrected chi connectivity index (χ0v) is 18.2. The van der Waals surface area contributed by atoms with Gasteiger partial charge in [-0.25, -0.2) is 9.18 Å². The molecule has 2 unspecified atom stereocenters. The minimum absolute atomic E-state index is 0.0615. The minimum Gasteiger partial charge on any atom is -0.334 e. The van der Waals surface area contributed by atoms with E-state index in [1.807, 2.05) is 6.92 Å². The van der Waals surface area contributed by atoms with Crippen LogP contribution in [0.1, 0.15) is 70.3 Å². The lowest BCUT2D eigenvalue weighted by Gasteiger charge is -2.37. The van der Waals surface area contributed by atoms with Crippen molar-refractivity contribution in [2.45, 2.75) is 82.8 Å². The number of nitrogens with one attached hydrogen (secondary N) is 1. The number of amides is 4. The molecule has 1 aromatic rings. The van der Waals surface area contributed by atoms with Gasteiger partial charge in [0.2, 0.25) is 5.91 Å². The topological polar surface area (TPSA) is 69.7 Å². The maximum Gasteiger partial charge on any atom is 0.325 e. The van der Waals surface area contributed by atoms with Crippen molar-refractivity contribution < 1.29 is 18.8 Å². The lowest BCUT2D eigenvalue weighted by Crippen LogP contribution is -2.54. The first-order chi connectivity index (χ1) is 14.9. The monoisotopic (exact) mass is 429 g/mol. The highest BCUT2D eigenvalue weighted by Gasteiger charge is 2.55. The number of benzene rings is 1. The lowest BCUT2D eigenvalue weighted by molar-refractivity contribution is -0.142. The quantitative estimate of drug-likeness (QED) is 0.720. The number of carbonyl (C=O) groups is 3. The second-order valence-electron chi connectivity index (χ2n) is 9.38. The highest BCUT2D eigenvalue weighted by atomic mass is 19.1. The van der Waals surface area contributed by atoms with E-state index >= 15 is 0 Å². The van der Waals surface area contributed by atoms with Crippen LogP contribution in [0, 0.1) is 11.7 Å². The molecule has 0 radical (unpaired) electrons. The van der Waals surface area contributed by atoms with Crippen LogP contribution in [0.25, 0.3) is 0 Å². The summed E-state index contributed by atoms with van der Waals surface area (Å²) < 4.78 is 13.3. The number of carbonyl (C=O) groups excluding carboxylic acids is 3. The molecule has 6 nitrogen and oxygen atoms in total. The molecule has 4 amide bonds. The third-order valence-corrected chi connectivity index (χ3v) is 7.40. The molecule has 1 N–H and O–H groups in total. The van der Waals surface area contributed by atoms with E-state index in [0.717, 1.165) is 61.8 Å². The highest BCUT2D eigenvalue weighted by molar-refractivity contribution is 6.09.